The molecule has 0 saturated carbocycles. The van der Waals surface area contributed by atoms with Crippen LogP contribution in [-0.4, -0.2) is 42.2 Å². The molecule has 1 amide bonds. The maximum Gasteiger partial charge on any atom is 0.258 e. The fraction of sp³-hybridized carbons (Fsp3) is 0.190. The van der Waals surface area contributed by atoms with Crippen molar-refractivity contribution in [2.75, 3.05) is 41.8 Å². The number of amides is 1. The molecule has 1 saturated heterocycles. The van der Waals surface area contributed by atoms with Gasteiger partial charge in [0.1, 0.15) is 5.82 Å². The molecule has 7 nitrogen and oxygen atoms in total. The van der Waals surface area contributed by atoms with Gasteiger partial charge in [0.25, 0.3) is 5.91 Å². The highest BCUT2D eigenvalue weighted by Gasteiger charge is 2.15. The second-order valence-corrected chi connectivity index (χ2v) is 6.50. The number of nitrogens with zero attached hydrogens (tertiary/aromatic N) is 3. The highest BCUT2D eigenvalue weighted by Crippen LogP contribution is 2.28. The first-order chi connectivity index (χ1) is 14.2. The second-order valence-electron chi connectivity index (χ2n) is 6.50. The van der Waals surface area contributed by atoms with Crippen molar-refractivity contribution in [2.45, 2.75) is 0 Å². The van der Waals surface area contributed by atoms with E-state index in [1.165, 1.54) is 36.7 Å². The molecule has 4 rings (SSSR count). The monoisotopic (exact) mass is 393 g/mol. The molecule has 8 heteroatoms. The van der Waals surface area contributed by atoms with Gasteiger partial charge in [0.05, 0.1) is 30.2 Å². The molecule has 0 atom stereocenters. The molecule has 0 bridgehead atoms. The fourth-order valence-corrected chi connectivity index (χ4v) is 3.03. The lowest BCUT2D eigenvalue weighted by Crippen LogP contribution is -2.36. The molecule has 0 aliphatic carbocycles. The zero-order valence-corrected chi connectivity index (χ0v) is 15.6. The minimum absolute atomic E-state index is 0.307. The van der Waals surface area contributed by atoms with Crippen LogP contribution in [0.2, 0.25) is 0 Å². The van der Waals surface area contributed by atoms with Crippen molar-refractivity contribution in [1.82, 2.24) is 9.97 Å². The van der Waals surface area contributed by atoms with E-state index in [9.17, 15) is 9.18 Å². The van der Waals surface area contributed by atoms with E-state index in [1.807, 2.05) is 24.3 Å². The molecule has 1 aliphatic rings. The Bertz CT molecular complexity index is 973. The Morgan fingerprint density at radius 2 is 1.69 bits per heavy atom. The van der Waals surface area contributed by atoms with Crippen LogP contribution in [0.5, 0.6) is 0 Å². The summed E-state index contributed by atoms with van der Waals surface area (Å²) < 4.78 is 18.4. The van der Waals surface area contributed by atoms with Crippen LogP contribution in [0, 0.1) is 5.82 Å². The number of hydrogen-bond donors (Lipinski definition) is 2. The normalized spacial score (nSPS) is 13.8. The third-order valence-electron chi connectivity index (χ3n) is 4.52. The fourth-order valence-electron chi connectivity index (χ4n) is 3.03. The van der Waals surface area contributed by atoms with Crippen molar-refractivity contribution < 1.29 is 13.9 Å². The number of hydrogen-bond acceptors (Lipinski definition) is 6. The Balaban J connectivity index is 1.45. The van der Waals surface area contributed by atoms with E-state index in [0.717, 1.165) is 24.5 Å². The summed E-state index contributed by atoms with van der Waals surface area (Å²) in [5.41, 5.74) is 2.75. The lowest BCUT2D eigenvalue weighted by Gasteiger charge is -2.30. The first-order valence-electron chi connectivity index (χ1n) is 9.27. The first-order valence-corrected chi connectivity index (χ1v) is 9.27. The minimum atomic E-state index is -0.364. The average Bonchev–Trinajstić information content (AvgIpc) is 2.77. The lowest BCUT2D eigenvalue weighted by atomic mass is 10.2. The molecule has 0 radical (unpaired) electrons. The largest absolute Gasteiger partial charge is 0.378 e. The van der Waals surface area contributed by atoms with Gasteiger partial charge in [-0.1, -0.05) is 12.1 Å². The first kappa shape index (κ1) is 18.8. The van der Waals surface area contributed by atoms with Crippen LogP contribution in [-0.2, 0) is 4.74 Å². The maximum absolute atomic E-state index is 13.0. The van der Waals surface area contributed by atoms with Gasteiger partial charge in [-0.2, -0.15) is 0 Å². The summed E-state index contributed by atoms with van der Waals surface area (Å²) in [7, 11) is 0. The van der Waals surface area contributed by atoms with Crippen molar-refractivity contribution in [1.29, 1.82) is 0 Å². The van der Waals surface area contributed by atoms with Gasteiger partial charge in [-0.25, -0.2) is 14.4 Å². The summed E-state index contributed by atoms with van der Waals surface area (Å²) in [4.78, 5) is 23.1. The summed E-state index contributed by atoms with van der Waals surface area (Å²) in [5.74, 6) is -0.333. The van der Waals surface area contributed by atoms with Crippen molar-refractivity contribution in [2.24, 2.45) is 0 Å². The van der Waals surface area contributed by atoms with Gasteiger partial charge in [-0.3, -0.25) is 4.79 Å². The Kier molecular flexibility index (Phi) is 5.62. The van der Waals surface area contributed by atoms with Crippen LogP contribution in [0.25, 0.3) is 0 Å². The van der Waals surface area contributed by atoms with Gasteiger partial charge >= 0.3 is 0 Å². The van der Waals surface area contributed by atoms with Gasteiger partial charge in [-0.15, -0.1) is 0 Å². The number of rotatable bonds is 5. The molecule has 1 fully saturated rings. The van der Waals surface area contributed by atoms with E-state index in [-0.39, 0.29) is 11.7 Å². The molecular formula is C21H20FN5O2. The van der Waals surface area contributed by atoms with E-state index < -0.39 is 0 Å². The van der Waals surface area contributed by atoms with E-state index in [1.54, 1.807) is 0 Å². The number of ether oxygens (including phenoxy) is 1. The number of aromatic nitrogens is 2. The molecule has 1 aliphatic heterocycles. The Morgan fingerprint density at radius 1 is 1.00 bits per heavy atom. The Labute approximate surface area is 167 Å². The van der Waals surface area contributed by atoms with Crippen molar-refractivity contribution in [3.05, 3.63) is 72.3 Å². The number of nitrogens with one attached hydrogen (secondary N) is 2. The Hall–Kier alpha value is -3.52. The summed E-state index contributed by atoms with van der Waals surface area (Å²) >= 11 is 0. The number of carbonyl (C=O) groups is 1. The predicted molar refractivity (Wildman–Crippen MR) is 109 cm³/mol. The van der Waals surface area contributed by atoms with Gasteiger partial charge in [0, 0.05) is 31.2 Å². The summed E-state index contributed by atoms with van der Waals surface area (Å²) in [6, 6.07) is 13.5. The molecule has 2 heterocycles. The second kappa shape index (κ2) is 8.66. The van der Waals surface area contributed by atoms with Crippen molar-refractivity contribution in [3.63, 3.8) is 0 Å². The molecule has 29 heavy (non-hydrogen) atoms. The van der Waals surface area contributed by atoms with Gasteiger partial charge in [0.15, 0.2) is 0 Å². The summed E-state index contributed by atoms with van der Waals surface area (Å²) in [6.07, 6.45) is 2.90. The van der Waals surface area contributed by atoms with E-state index in [2.05, 4.69) is 25.5 Å². The standard InChI is InChI=1S/C21H20FN5O2/c22-16-5-7-17(8-6-16)25-20(28)15-13-23-21(24-14-15)26-18-3-1-2-4-19(18)27-9-11-29-12-10-27/h1-8,13-14H,9-12H2,(H,25,28)(H,23,24,26). The van der Waals surface area contributed by atoms with Crippen LogP contribution in [0.15, 0.2) is 60.9 Å². The predicted octanol–water partition coefficient (Wildman–Crippen LogP) is 3.45. The van der Waals surface area contributed by atoms with Gasteiger partial charge < -0.3 is 20.3 Å². The number of carbonyl (C=O) groups excluding carboxylic acids is 1. The van der Waals surface area contributed by atoms with Gasteiger partial charge in [-0.05, 0) is 36.4 Å². The molecular weight excluding hydrogens is 373 g/mol. The number of para-hydroxylation sites is 2. The minimum Gasteiger partial charge on any atom is -0.378 e. The zero-order valence-electron chi connectivity index (χ0n) is 15.6. The van der Waals surface area contributed by atoms with Crippen molar-refractivity contribution in [3.8, 4) is 0 Å². The van der Waals surface area contributed by atoms with E-state index >= 15 is 0 Å². The van der Waals surface area contributed by atoms with E-state index in [0.29, 0.717) is 30.4 Å². The molecule has 2 aromatic carbocycles. The number of halogens is 1. The van der Waals surface area contributed by atoms with Crippen LogP contribution in [0.3, 0.4) is 0 Å². The topological polar surface area (TPSA) is 79.4 Å². The third kappa shape index (κ3) is 4.67. The van der Waals surface area contributed by atoms with Crippen LogP contribution < -0.4 is 15.5 Å². The van der Waals surface area contributed by atoms with Crippen LogP contribution in [0.4, 0.5) is 27.4 Å². The highest BCUT2D eigenvalue weighted by molar-refractivity contribution is 6.03. The Morgan fingerprint density at radius 3 is 2.41 bits per heavy atom. The molecule has 0 spiro atoms. The number of morpholine rings is 1. The summed E-state index contributed by atoms with van der Waals surface area (Å²) in [5, 5.41) is 5.90. The van der Waals surface area contributed by atoms with Crippen molar-refractivity contribution >= 4 is 28.9 Å². The molecule has 148 valence electrons. The molecule has 2 N–H and O–H groups in total. The zero-order chi connectivity index (χ0) is 20.1. The highest BCUT2D eigenvalue weighted by atomic mass is 19.1. The molecule has 3 aromatic rings. The smallest absolute Gasteiger partial charge is 0.258 e. The van der Waals surface area contributed by atoms with Crippen LogP contribution in [0.1, 0.15) is 10.4 Å². The number of anilines is 4. The average molecular weight is 393 g/mol. The van der Waals surface area contributed by atoms with Gasteiger partial charge in [0.2, 0.25) is 5.95 Å². The van der Waals surface area contributed by atoms with E-state index in [4.69, 9.17) is 4.74 Å². The van der Waals surface area contributed by atoms with Crippen LogP contribution >= 0.6 is 0 Å². The summed E-state index contributed by atoms with van der Waals surface area (Å²) in [6.45, 7) is 3.04. The quantitative estimate of drug-likeness (QED) is 0.691. The SMILES string of the molecule is O=C(Nc1ccc(F)cc1)c1cnc(Nc2ccccc2N2CCOCC2)nc1. The lowest BCUT2D eigenvalue weighted by molar-refractivity contribution is 0.102. The molecule has 1 aromatic heterocycles. The third-order valence-corrected chi connectivity index (χ3v) is 4.52. The maximum atomic E-state index is 13.0. The molecule has 0 unspecified atom stereocenters. The number of benzene rings is 2.